The van der Waals surface area contributed by atoms with Gasteiger partial charge in [-0.1, -0.05) is 0 Å². The molecule has 0 fully saturated rings. The molecule has 0 spiro atoms. The summed E-state index contributed by atoms with van der Waals surface area (Å²) < 4.78 is 10.5. The Morgan fingerprint density at radius 3 is 2.65 bits per heavy atom. The minimum absolute atomic E-state index is 0.457. The first kappa shape index (κ1) is 16.6. The Morgan fingerprint density at radius 2 is 2.00 bits per heavy atom. The second-order valence-corrected chi connectivity index (χ2v) is 4.92. The first-order valence-corrected chi connectivity index (χ1v) is 7.38. The summed E-state index contributed by atoms with van der Waals surface area (Å²) in [7, 11) is 3.59. The fourth-order valence-corrected chi connectivity index (χ4v) is 2.07. The highest BCUT2D eigenvalue weighted by Crippen LogP contribution is 2.22. The van der Waals surface area contributed by atoms with E-state index in [-0.39, 0.29) is 0 Å². The predicted molar refractivity (Wildman–Crippen MR) is 89.0 cm³/mol. The van der Waals surface area contributed by atoms with E-state index in [1.165, 1.54) is 0 Å². The van der Waals surface area contributed by atoms with E-state index >= 15 is 0 Å². The van der Waals surface area contributed by atoms with Crippen LogP contribution in [-0.4, -0.2) is 31.8 Å². The molecule has 1 aromatic carbocycles. The minimum Gasteiger partial charge on any atom is -0.497 e. The number of ether oxygens (including phenoxy) is 2. The molecule has 0 bridgehead atoms. The highest BCUT2D eigenvalue weighted by molar-refractivity contribution is 5.70. The Kier molecular flexibility index (Phi) is 5.80. The van der Waals surface area contributed by atoms with Crippen LogP contribution in [0, 0.1) is 0 Å². The van der Waals surface area contributed by atoms with E-state index in [2.05, 4.69) is 10.3 Å². The molecule has 0 aliphatic rings. The van der Waals surface area contributed by atoms with Gasteiger partial charge in [0.05, 0.1) is 13.7 Å². The van der Waals surface area contributed by atoms with Crippen LogP contribution in [0.2, 0.25) is 0 Å². The molecule has 2 aromatic rings. The van der Waals surface area contributed by atoms with Gasteiger partial charge in [-0.3, -0.25) is 4.98 Å². The molecule has 0 saturated carbocycles. The van der Waals surface area contributed by atoms with Crippen LogP contribution in [0.15, 0.2) is 42.6 Å². The fraction of sp³-hybridized carbons (Fsp3) is 0.294. The van der Waals surface area contributed by atoms with Crippen molar-refractivity contribution < 1.29 is 14.3 Å². The monoisotopic (exact) mass is 315 g/mol. The maximum absolute atomic E-state index is 11.6. The summed E-state index contributed by atoms with van der Waals surface area (Å²) in [6.45, 7) is 2.87. The summed E-state index contributed by atoms with van der Waals surface area (Å²) in [4.78, 5) is 17.9. The maximum Gasteiger partial charge on any atom is 0.412 e. The molecule has 0 atom stereocenters. The van der Waals surface area contributed by atoms with Crippen LogP contribution >= 0.6 is 0 Å². The molecule has 122 valence electrons. The number of hydrogen-bond donors (Lipinski definition) is 1. The lowest BCUT2D eigenvalue weighted by Crippen LogP contribution is -2.27. The number of benzene rings is 1. The molecule has 0 aliphatic carbocycles. The molecular formula is C17H21N3O3. The normalized spacial score (nSPS) is 10.0. The van der Waals surface area contributed by atoms with E-state index < -0.39 is 6.09 Å². The molecule has 0 radical (unpaired) electrons. The zero-order valence-electron chi connectivity index (χ0n) is 13.6. The Hall–Kier alpha value is -2.76. The van der Waals surface area contributed by atoms with Gasteiger partial charge in [-0.05, 0) is 43.3 Å². The number of pyridine rings is 1. The number of hydrogen-bond acceptors (Lipinski definition) is 5. The third-order valence-electron chi connectivity index (χ3n) is 3.27. The number of anilines is 1. The Morgan fingerprint density at radius 1 is 1.26 bits per heavy atom. The van der Waals surface area contributed by atoms with Crippen LogP contribution in [0.4, 0.5) is 10.5 Å². The molecule has 6 nitrogen and oxygen atoms in total. The molecule has 2 rings (SSSR count). The number of rotatable bonds is 6. The van der Waals surface area contributed by atoms with Crippen LogP contribution in [-0.2, 0) is 6.54 Å². The van der Waals surface area contributed by atoms with Crippen molar-refractivity contribution in [3.05, 3.63) is 48.3 Å². The smallest absolute Gasteiger partial charge is 0.412 e. The van der Waals surface area contributed by atoms with Crippen molar-refractivity contribution in [1.29, 1.82) is 0 Å². The SMILES string of the molecule is CCNC(=O)Oc1cccnc1CN(C)c1ccc(OC)cc1. The highest BCUT2D eigenvalue weighted by Gasteiger charge is 2.12. The first-order valence-electron chi connectivity index (χ1n) is 7.38. The largest absolute Gasteiger partial charge is 0.497 e. The average molecular weight is 315 g/mol. The number of carbonyl (C=O) groups is 1. The third kappa shape index (κ3) is 4.60. The van der Waals surface area contributed by atoms with Crippen molar-refractivity contribution in [3.8, 4) is 11.5 Å². The van der Waals surface area contributed by atoms with E-state index in [0.717, 1.165) is 11.4 Å². The predicted octanol–water partition coefficient (Wildman–Crippen LogP) is 2.83. The zero-order valence-corrected chi connectivity index (χ0v) is 13.6. The lowest BCUT2D eigenvalue weighted by molar-refractivity contribution is 0.200. The quantitative estimate of drug-likeness (QED) is 0.888. The van der Waals surface area contributed by atoms with E-state index in [4.69, 9.17) is 9.47 Å². The van der Waals surface area contributed by atoms with Crippen molar-refractivity contribution in [2.75, 3.05) is 25.6 Å². The van der Waals surface area contributed by atoms with E-state index in [1.807, 2.05) is 43.1 Å². The van der Waals surface area contributed by atoms with Gasteiger partial charge in [-0.15, -0.1) is 0 Å². The molecule has 1 heterocycles. The Labute approximate surface area is 136 Å². The van der Waals surface area contributed by atoms with Crippen molar-refractivity contribution in [1.82, 2.24) is 10.3 Å². The van der Waals surface area contributed by atoms with Gasteiger partial charge in [-0.2, -0.15) is 0 Å². The number of methoxy groups -OCH3 is 1. The molecule has 1 N–H and O–H groups in total. The van der Waals surface area contributed by atoms with Crippen molar-refractivity contribution in [2.24, 2.45) is 0 Å². The number of nitrogens with zero attached hydrogens (tertiary/aromatic N) is 2. The van der Waals surface area contributed by atoms with Crippen LogP contribution < -0.4 is 19.7 Å². The van der Waals surface area contributed by atoms with Crippen LogP contribution in [0.5, 0.6) is 11.5 Å². The van der Waals surface area contributed by atoms with Crippen LogP contribution in [0.1, 0.15) is 12.6 Å². The number of carbonyl (C=O) groups excluding carboxylic acids is 1. The summed E-state index contributed by atoms with van der Waals surface area (Å²) in [5.74, 6) is 1.26. The third-order valence-corrected chi connectivity index (χ3v) is 3.27. The van der Waals surface area contributed by atoms with Gasteiger partial charge in [0.15, 0.2) is 5.75 Å². The Bertz CT molecular complexity index is 644. The number of nitrogens with one attached hydrogen (secondary N) is 1. The lowest BCUT2D eigenvalue weighted by Gasteiger charge is -2.20. The van der Waals surface area contributed by atoms with Gasteiger partial charge in [0.2, 0.25) is 0 Å². The van der Waals surface area contributed by atoms with Gasteiger partial charge >= 0.3 is 6.09 Å². The van der Waals surface area contributed by atoms with Crippen molar-refractivity contribution in [2.45, 2.75) is 13.5 Å². The fourth-order valence-electron chi connectivity index (χ4n) is 2.07. The van der Waals surface area contributed by atoms with Crippen LogP contribution in [0.25, 0.3) is 0 Å². The molecule has 0 unspecified atom stereocenters. The summed E-state index contributed by atoms with van der Waals surface area (Å²) in [6, 6.07) is 11.2. The molecule has 0 saturated heterocycles. The van der Waals surface area contributed by atoms with E-state index in [9.17, 15) is 4.79 Å². The van der Waals surface area contributed by atoms with Gasteiger partial charge in [0.25, 0.3) is 0 Å². The van der Waals surface area contributed by atoms with Gasteiger partial charge in [-0.25, -0.2) is 4.79 Å². The zero-order chi connectivity index (χ0) is 16.7. The molecule has 1 amide bonds. The standard InChI is InChI=1S/C17H21N3O3/c1-4-18-17(21)23-16-6-5-11-19-15(16)12-20(2)13-7-9-14(22-3)10-8-13/h5-11H,4,12H2,1-3H3,(H,18,21). The molecule has 6 heteroatoms. The van der Waals surface area contributed by atoms with Gasteiger partial charge < -0.3 is 19.7 Å². The summed E-state index contributed by atoms with van der Waals surface area (Å²) >= 11 is 0. The molecule has 23 heavy (non-hydrogen) atoms. The van der Waals surface area contributed by atoms with Crippen molar-refractivity contribution >= 4 is 11.8 Å². The average Bonchev–Trinajstić information content (AvgIpc) is 2.57. The van der Waals surface area contributed by atoms with E-state index in [1.54, 1.807) is 25.4 Å². The first-order chi connectivity index (χ1) is 11.1. The Balaban J connectivity index is 2.10. The maximum atomic E-state index is 11.6. The summed E-state index contributed by atoms with van der Waals surface area (Å²) in [5.41, 5.74) is 1.71. The molecule has 0 aliphatic heterocycles. The van der Waals surface area contributed by atoms with Gasteiger partial charge in [0, 0.05) is 25.5 Å². The second-order valence-electron chi connectivity index (χ2n) is 4.92. The number of amides is 1. The topological polar surface area (TPSA) is 63.7 Å². The van der Waals surface area contributed by atoms with E-state index in [0.29, 0.717) is 24.5 Å². The van der Waals surface area contributed by atoms with Gasteiger partial charge in [0.1, 0.15) is 11.4 Å². The van der Waals surface area contributed by atoms with Crippen LogP contribution in [0.3, 0.4) is 0 Å². The van der Waals surface area contributed by atoms with Crippen molar-refractivity contribution in [3.63, 3.8) is 0 Å². The molecule has 1 aromatic heterocycles. The number of aromatic nitrogens is 1. The highest BCUT2D eigenvalue weighted by atomic mass is 16.6. The second kappa shape index (κ2) is 8.03. The lowest BCUT2D eigenvalue weighted by atomic mass is 10.2. The minimum atomic E-state index is -0.478. The summed E-state index contributed by atoms with van der Waals surface area (Å²) in [6.07, 6.45) is 1.20. The summed E-state index contributed by atoms with van der Waals surface area (Å²) in [5, 5.41) is 2.60. The molecular weight excluding hydrogens is 294 g/mol.